The van der Waals surface area contributed by atoms with E-state index in [1.165, 1.54) is 24.3 Å². The minimum atomic E-state index is -0.679. The van der Waals surface area contributed by atoms with Gasteiger partial charge in [0, 0.05) is 25.3 Å². The average Bonchev–Trinajstić information content (AvgIpc) is 2.64. The SMILES string of the molecule is N#Cc1ccc(Oc2ccc(C(=O)NC3CCOCC3)nn2)c(F)c1. The van der Waals surface area contributed by atoms with Crippen molar-refractivity contribution < 1.29 is 18.7 Å². The fraction of sp³-hybridized carbons (Fsp3) is 0.294. The second kappa shape index (κ2) is 7.68. The van der Waals surface area contributed by atoms with Gasteiger partial charge in [0.2, 0.25) is 5.88 Å². The fourth-order valence-corrected chi connectivity index (χ4v) is 2.36. The molecule has 0 saturated carbocycles. The van der Waals surface area contributed by atoms with Crippen molar-refractivity contribution >= 4 is 5.91 Å². The minimum Gasteiger partial charge on any atom is -0.434 e. The molecule has 1 aliphatic heterocycles. The van der Waals surface area contributed by atoms with Gasteiger partial charge >= 0.3 is 0 Å². The van der Waals surface area contributed by atoms with Crippen LogP contribution >= 0.6 is 0 Å². The number of hydrogen-bond acceptors (Lipinski definition) is 6. The number of ether oxygens (including phenoxy) is 2. The number of aromatic nitrogens is 2. The van der Waals surface area contributed by atoms with Gasteiger partial charge in [0.05, 0.1) is 11.6 Å². The summed E-state index contributed by atoms with van der Waals surface area (Å²) < 4.78 is 24.3. The Morgan fingerprint density at radius 2 is 2.08 bits per heavy atom. The highest BCUT2D eigenvalue weighted by Gasteiger charge is 2.18. The number of hydrogen-bond donors (Lipinski definition) is 1. The number of carbonyl (C=O) groups is 1. The summed E-state index contributed by atoms with van der Waals surface area (Å²) in [5.41, 5.74) is 0.343. The second-order valence-electron chi connectivity index (χ2n) is 5.48. The molecule has 7 nitrogen and oxygen atoms in total. The van der Waals surface area contributed by atoms with Crippen molar-refractivity contribution in [2.75, 3.05) is 13.2 Å². The molecule has 3 rings (SSSR count). The van der Waals surface area contributed by atoms with E-state index >= 15 is 0 Å². The van der Waals surface area contributed by atoms with E-state index in [0.717, 1.165) is 18.9 Å². The quantitative estimate of drug-likeness (QED) is 0.915. The topological polar surface area (TPSA) is 97.1 Å². The predicted molar refractivity (Wildman–Crippen MR) is 84.5 cm³/mol. The van der Waals surface area contributed by atoms with E-state index < -0.39 is 5.82 Å². The van der Waals surface area contributed by atoms with Crippen LogP contribution in [0.4, 0.5) is 4.39 Å². The summed E-state index contributed by atoms with van der Waals surface area (Å²) >= 11 is 0. The lowest BCUT2D eigenvalue weighted by molar-refractivity contribution is 0.0693. The highest BCUT2D eigenvalue weighted by Crippen LogP contribution is 2.23. The minimum absolute atomic E-state index is 0.0474. The zero-order chi connectivity index (χ0) is 17.6. The van der Waals surface area contributed by atoms with Crippen LogP contribution in [-0.2, 0) is 4.74 Å². The molecule has 0 bridgehead atoms. The van der Waals surface area contributed by atoms with Crippen molar-refractivity contribution in [2.24, 2.45) is 0 Å². The molecule has 0 aliphatic carbocycles. The molecule has 1 aliphatic rings. The standard InChI is InChI=1S/C17H15FN4O3/c18-13-9-11(10-19)1-3-15(13)25-16-4-2-14(21-22-16)17(23)20-12-5-7-24-8-6-12/h1-4,9,12H,5-8H2,(H,20,23). The summed E-state index contributed by atoms with van der Waals surface area (Å²) in [6, 6.07) is 8.62. The number of amides is 1. The summed E-state index contributed by atoms with van der Waals surface area (Å²) in [6.45, 7) is 1.25. The molecule has 0 spiro atoms. The maximum Gasteiger partial charge on any atom is 0.272 e. The molecule has 0 atom stereocenters. The molecule has 0 radical (unpaired) electrons. The Labute approximate surface area is 143 Å². The monoisotopic (exact) mass is 342 g/mol. The number of nitriles is 1. The Kier molecular flexibility index (Phi) is 5.16. The van der Waals surface area contributed by atoms with Gasteiger partial charge in [-0.15, -0.1) is 10.2 Å². The molecule has 8 heteroatoms. The maximum absolute atomic E-state index is 13.8. The first kappa shape index (κ1) is 16.8. The van der Waals surface area contributed by atoms with Crippen molar-refractivity contribution in [3.05, 3.63) is 47.4 Å². The van der Waals surface area contributed by atoms with Gasteiger partial charge in [0.15, 0.2) is 17.3 Å². The molecule has 1 aromatic heterocycles. The number of carbonyl (C=O) groups excluding carboxylic acids is 1. The van der Waals surface area contributed by atoms with Crippen molar-refractivity contribution in [3.8, 4) is 17.7 Å². The number of rotatable bonds is 4. The molecule has 25 heavy (non-hydrogen) atoms. The van der Waals surface area contributed by atoms with Crippen molar-refractivity contribution in [1.29, 1.82) is 5.26 Å². The third-order valence-corrected chi connectivity index (χ3v) is 3.70. The van der Waals surface area contributed by atoms with Crippen molar-refractivity contribution in [3.63, 3.8) is 0 Å². The zero-order valence-corrected chi connectivity index (χ0v) is 13.2. The highest BCUT2D eigenvalue weighted by molar-refractivity contribution is 5.92. The normalized spacial score (nSPS) is 14.6. The summed E-state index contributed by atoms with van der Waals surface area (Å²) in [5.74, 6) is -1.03. The molecular weight excluding hydrogens is 327 g/mol. The molecule has 1 fully saturated rings. The van der Waals surface area contributed by atoms with E-state index in [1.54, 1.807) is 0 Å². The first-order valence-electron chi connectivity index (χ1n) is 7.75. The number of nitrogens with one attached hydrogen (secondary N) is 1. The van der Waals surface area contributed by atoms with Crippen LogP contribution in [0.2, 0.25) is 0 Å². The summed E-state index contributed by atoms with van der Waals surface area (Å²) in [7, 11) is 0. The average molecular weight is 342 g/mol. The summed E-state index contributed by atoms with van der Waals surface area (Å²) in [4.78, 5) is 12.1. The molecular formula is C17H15FN4O3. The maximum atomic E-state index is 13.8. The van der Waals surface area contributed by atoms with Crippen LogP contribution in [0.25, 0.3) is 0 Å². The molecule has 1 saturated heterocycles. The van der Waals surface area contributed by atoms with Crippen molar-refractivity contribution in [2.45, 2.75) is 18.9 Å². The van der Waals surface area contributed by atoms with Gasteiger partial charge < -0.3 is 14.8 Å². The van der Waals surface area contributed by atoms with Gasteiger partial charge in [-0.2, -0.15) is 5.26 Å². The van der Waals surface area contributed by atoms with E-state index in [0.29, 0.717) is 13.2 Å². The van der Waals surface area contributed by atoms with Crippen LogP contribution in [-0.4, -0.2) is 35.4 Å². The Hall–Kier alpha value is -3.05. The second-order valence-corrected chi connectivity index (χ2v) is 5.48. The first-order valence-corrected chi connectivity index (χ1v) is 7.75. The van der Waals surface area contributed by atoms with Gasteiger partial charge in [-0.1, -0.05) is 0 Å². The van der Waals surface area contributed by atoms with Crippen LogP contribution in [0.5, 0.6) is 11.6 Å². The van der Waals surface area contributed by atoms with Gasteiger partial charge in [-0.3, -0.25) is 4.79 Å². The predicted octanol–water partition coefficient (Wildman–Crippen LogP) is 2.19. The lowest BCUT2D eigenvalue weighted by Crippen LogP contribution is -2.39. The Balaban J connectivity index is 1.63. The van der Waals surface area contributed by atoms with E-state index in [2.05, 4.69) is 15.5 Å². The van der Waals surface area contributed by atoms with Gasteiger partial charge in [0.1, 0.15) is 0 Å². The van der Waals surface area contributed by atoms with Crippen LogP contribution in [0.1, 0.15) is 28.9 Å². The van der Waals surface area contributed by atoms with Crippen LogP contribution < -0.4 is 10.1 Å². The third-order valence-electron chi connectivity index (χ3n) is 3.70. The van der Waals surface area contributed by atoms with Crippen LogP contribution in [0.3, 0.4) is 0 Å². The van der Waals surface area contributed by atoms with Crippen molar-refractivity contribution in [1.82, 2.24) is 15.5 Å². The molecule has 1 amide bonds. The van der Waals surface area contributed by atoms with E-state index in [4.69, 9.17) is 14.7 Å². The number of halogens is 1. The van der Waals surface area contributed by atoms with E-state index in [9.17, 15) is 9.18 Å². The zero-order valence-electron chi connectivity index (χ0n) is 13.2. The molecule has 128 valence electrons. The fourth-order valence-electron chi connectivity index (χ4n) is 2.36. The largest absolute Gasteiger partial charge is 0.434 e. The summed E-state index contributed by atoms with van der Waals surface area (Å²) in [6.07, 6.45) is 1.52. The van der Waals surface area contributed by atoms with Gasteiger partial charge in [-0.05, 0) is 37.1 Å². The molecule has 1 N–H and O–H groups in total. The van der Waals surface area contributed by atoms with E-state index in [1.807, 2.05) is 6.07 Å². The summed E-state index contributed by atoms with van der Waals surface area (Å²) in [5, 5.41) is 19.2. The first-order chi connectivity index (χ1) is 12.2. The number of benzene rings is 1. The third kappa shape index (κ3) is 4.28. The molecule has 0 unspecified atom stereocenters. The van der Waals surface area contributed by atoms with E-state index in [-0.39, 0.29) is 34.8 Å². The Bertz CT molecular complexity index is 799. The van der Waals surface area contributed by atoms with Gasteiger partial charge in [0.25, 0.3) is 5.91 Å². The Morgan fingerprint density at radius 3 is 2.72 bits per heavy atom. The molecule has 2 heterocycles. The van der Waals surface area contributed by atoms with Crippen LogP contribution in [0.15, 0.2) is 30.3 Å². The lowest BCUT2D eigenvalue weighted by atomic mass is 10.1. The molecule has 1 aromatic carbocycles. The Morgan fingerprint density at radius 1 is 1.28 bits per heavy atom. The molecule has 2 aromatic rings. The number of nitrogens with zero attached hydrogens (tertiary/aromatic N) is 3. The van der Waals surface area contributed by atoms with Crippen LogP contribution in [0, 0.1) is 17.1 Å². The van der Waals surface area contributed by atoms with Gasteiger partial charge in [-0.25, -0.2) is 4.39 Å². The smallest absolute Gasteiger partial charge is 0.272 e. The highest BCUT2D eigenvalue weighted by atomic mass is 19.1. The lowest BCUT2D eigenvalue weighted by Gasteiger charge is -2.22.